The molecule has 1 atom stereocenters. The summed E-state index contributed by atoms with van der Waals surface area (Å²) in [6.07, 6.45) is 0.823. The zero-order chi connectivity index (χ0) is 15.1. The average molecular weight is 303 g/mol. The summed E-state index contributed by atoms with van der Waals surface area (Å²) in [6, 6.07) is 17.3. The summed E-state index contributed by atoms with van der Waals surface area (Å²) >= 11 is 5.85. The third kappa shape index (κ3) is 5.12. The van der Waals surface area contributed by atoms with E-state index in [0.29, 0.717) is 11.6 Å². The minimum Gasteiger partial charge on any atom is -0.338 e. The van der Waals surface area contributed by atoms with Crippen LogP contribution in [0.5, 0.6) is 0 Å². The highest BCUT2D eigenvalue weighted by Crippen LogP contribution is 2.15. The maximum atomic E-state index is 11.8. The molecule has 1 unspecified atom stereocenters. The Morgan fingerprint density at radius 1 is 1.10 bits per heavy atom. The van der Waals surface area contributed by atoms with Gasteiger partial charge in [0.15, 0.2) is 0 Å². The van der Waals surface area contributed by atoms with Crippen molar-refractivity contribution in [2.75, 3.05) is 6.54 Å². The first-order valence-electron chi connectivity index (χ1n) is 6.99. The lowest BCUT2D eigenvalue weighted by molar-refractivity contribution is 0.238. The Hall–Kier alpha value is -2.00. The second-order valence-corrected chi connectivity index (χ2v) is 5.35. The van der Waals surface area contributed by atoms with Crippen molar-refractivity contribution in [1.82, 2.24) is 10.6 Å². The molecule has 2 amide bonds. The van der Waals surface area contributed by atoms with Gasteiger partial charge in [-0.2, -0.15) is 0 Å². The molecule has 0 fully saturated rings. The lowest BCUT2D eigenvalue weighted by atomic mass is 10.1. The van der Waals surface area contributed by atoms with E-state index in [1.54, 1.807) is 0 Å². The first kappa shape index (κ1) is 15.4. The molecule has 2 aromatic carbocycles. The Morgan fingerprint density at radius 3 is 2.43 bits per heavy atom. The quantitative estimate of drug-likeness (QED) is 0.863. The minimum atomic E-state index is -0.159. The number of carbonyl (C=O) groups is 1. The number of nitrogens with one attached hydrogen (secondary N) is 2. The molecule has 0 heterocycles. The van der Waals surface area contributed by atoms with Crippen LogP contribution < -0.4 is 10.6 Å². The molecule has 0 bridgehead atoms. The van der Waals surface area contributed by atoms with Crippen molar-refractivity contribution in [3.8, 4) is 0 Å². The number of amides is 2. The predicted octanol–water partition coefficient (Wildman–Crippen LogP) is 3.94. The first-order valence-corrected chi connectivity index (χ1v) is 7.36. The molecule has 0 spiro atoms. The van der Waals surface area contributed by atoms with Gasteiger partial charge in [-0.1, -0.05) is 54.1 Å². The molecule has 2 N–H and O–H groups in total. The van der Waals surface area contributed by atoms with E-state index in [0.717, 1.165) is 12.0 Å². The fourth-order valence-electron chi connectivity index (χ4n) is 2.05. The Kier molecular flexibility index (Phi) is 5.64. The maximum absolute atomic E-state index is 11.8. The number of urea groups is 1. The Bertz CT molecular complexity index is 569. The lowest BCUT2D eigenvalue weighted by Gasteiger charge is -2.15. The van der Waals surface area contributed by atoms with E-state index in [4.69, 9.17) is 11.6 Å². The van der Waals surface area contributed by atoms with E-state index in [1.165, 1.54) is 5.56 Å². The van der Waals surface area contributed by atoms with Crippen molar-refractivity contribution in [2.24, 2.45) is 0 Å². The molecule has 0 radical (unpaired) electrons. The lowest BCUT2D eigenvalue weighted by Crippen LogP contribution is -2.38. The van der Waals surface area contributed by atoms with Gasteiger partial charge in [0.2, 0.25) is 0 Å². The topological polar surface area (TPSA) is 41.1 Å². The van der Waals surface area contributed by atoms with Crippen LogP contribution in [0.15, 0.2) is 54.6 Å². The zero-order valence-corrected chi connectivity index (χ0v) is 12.7. The molecule has 4 heteroatoms. The molecule has 0 aromatic heterocycles. The van der Waals surface area contributed by atoms with Crippen molar-refractivity contribution in [3.63, 3.8) is 0 Å². The standard InChI is InChI=1S/C17H19ClN2O/c1-13(15-7-9-16(18)10-8-15)20-17(21)19-12-11-14-5-3-2-4-6-14/h2-10,13H,11-12H2,1H3,(H2,19,20,21). The molecule has 0 aliphatic carbocycles. The van der Waals surface area contributed by atoms with Crippen LogP contribution in [0, 0.1) is 0 Å². The van der Waals surface area contributed by atoms with E-state index in [1.807, 2.05) is 49.4 Å². The van der Waals surface area contributed by atoms with Crippen molar-refractivity contribution in [2.45, 2.75) is 19.4 Å². The zero-order valence-electron chi connectivity index (χ0n) is 12.0. The molecule has 21 heavy (non-hydrogen) atoms. The molecule has 3 nitrogen and oxygen atoms in total. The third-order valence-electron chi connectivity index (χ3n) is 3.26. The minimum absolute atomic E-state index is 0.0565. The predicted molar refractivity (Wildman–Crippen MR) is 86.5 cm³/mol. The van der Waals surface area contributed by atoms with Crippen LogP contribution in [0.3, 0.4) is 0 Å². The molecule has 2 aromatic rings. The molecule has 0 saturated heterocycles. The molecule has 0 saturated carbocycles. The van der Waals surface area contributed by atoms with Gasteiger partial charge in [-0.25, -0.2) is 4.79 Å². The van der Waals surface area contributed by atoms with Crippen molar-refractivity contribution in [1.29, 1.82) is 0 Å². The fourth-order valence-corrected chi connectivity index (χ4v) is 2.17. The third-order valence-corrected chi connectivity index (χ3v) is 3.51. The number of hydrogen-bond acceptors (Lipinski definition) is 1. The van der Waals surface area contributed by atoms with Crippen LogP contribution in [0.1, 0.15) is 24.1 Å². The van der Waals surface area contributed by atoms with Crippen LogP contribution in [-0.4, -0.2) is 12.6 Å². The highest BCUT2D eigenvalue weighted by molar-refractivity contribution is 6.30. The monoisotopic (exact) mass is 302 g/mol. The van der Waals surface area contributed by atoms with Crippen LogP contribution in [0.25, 0.3) is 0 Å². The van der Waals surface area contributed by atoms with Crippen LogP contribution in [0.2, 0.25) is 5.02 Å². The molecule has 0 aliphatic rings. The smallest absolute Gasteiger partial charge is 0.315 e. The molecule has 2 rings (SSSR count). The van der Waals surface area contributed by atoms with Gasteiger partial charge in [0.05, 0.1) is 6.04 Å². The van der Waals surface area contributed by atoms with Gasteiger partial charge in [0.1, 0.15) is 0 Å². The van der Waals surface area contributed by atoms with Gasteiger partial charge in [-0.15, -0.1) is 0 Å². The highest BCUT2D eigenvalue weighted by Gasteiger charge is 2.08. The van der Waals surface area contributed by atoms with Crippen molar-refractivity contribution in [3.05, 3.63) is 70.7 Å². The second-order valence-electron chi connectivity index (χ2n) is 4.91. The Balaban J connectivity index is 1.75. The normalized spacial score (nSPS) is 11.7. The summed E-state index contributed by atoms with van der Waals surface area (Å²) in [4.78, 5) is 11.8. The van der Waals surface area contributed by atoms with Crippen LogP contribution in [0.4, 0.5) is 4.79 Å². The fraction of sp³-hybridized carbons (Fsp3) is 0.235. The van der Waals surface area contributed by atoms with E-state index in [-0.39, 0.29) is 12.1 Å². The van der Waals surface area contributed by atoms with Crippen LogP contribution in [-0.2, 0) is 6.42 Å². The van der Waals surface area contributed by atoms with Gasteiger partial charge in [0, 0.05) is 11.6 Å². The molecule has 110 valence electrons. The van der Waals surface area contributed by atoms with Gasteiger partial charge < -0.3 is 10.6 Å². The summed E-state index contributed by atoms with van der Waals surface area (Å²) in [5.74, 6) is 0. The number of carbonyl (C=O) groups excluding carboxylic acids is 1. The first-order chi connectivity index (χ1) is 10.1. The van der Waals surface area contributed by atoms with Gasteiger partial charge in [0.25, 0.3) is 0 Å². The largest absolute Gasteiger partial charge is 0.338 e. The molecule has 0 aliphatic heterocycles. The summed E-state index contributed by atoms with van der Waals surface area (Å²) in [7, 11) is 0. The summed E-state index contributed by atoms with van der Waals surface area (Å²) in [5, 5.41) is 6.47. The molecular formula is C17H19ClN2O. The SMILES string of the molecule is CC(NC(=O)NCCc1ccccc1)c1ccc(Cl)cc1. The van der Waals surface area contributed by atoms with E-state index < -0.39 is 0 Å². The summed E-state index contributed by atoms with van der Waals surface area (Å²) in [6.45, 7) is 2.56. The van der Waals surface area contributed by atoms with Gasteiger partial charge >= 0.3 is 6.03 Å². The highest BCUT2D eigenvalue weighted by atomic mass is 35.5. The summed E-state index contributed by atoms with van der Waals surface area (Å²) < 4.78 is 0. The number of rotatable bonds is 5. The van der Waals surface area contributed by atoms with Gasteiger partial charge in [-0.05, 0) is 36.6 Å². The van der Waals surface area contributed by atoms with E-state index in [9.17, 15) is 4.79 Å². The summed E-state index contributed by atoms with van der Waals surface area (Å²) in [5.41, 5.74) is 2.24. The van der Waals surface area contributed by atoms with Crippen LogP contribution >= 0.6 is 11.6 Å². The second kappa shape index (κ2) is 7.70. The van der Waals surface area contributed by atoms with E-state index >= 15 is 0 Å². The average Bonchev–Trinajstić information content (AvgIpc) is 2.49. The van der Waals surface area contributed by atoms with Crippen molar-refractivity contribution >= 4 is 17.6 Å². The Morgan fingerprint density at radius 2 is 1.76 bits per heavy atom. The van der Waals surface area contributed by atoms with E-state index in [2.05, 4.69) is 22.8 Å². The number of halogens is 1. The number of hydrogen-bond donors (Lipinski definition) is 2. The van der Waals surface area contributed by atoms with Crippen molar-refractivity contribution < 1.29 is 4.79 Å². The molecular weight excluding hydrogens is 284 g/mol. The van der Waals surface area contributed by atoms with Gasteiger partial charge in [-0.3, -0.25) is 0 Å². The Labute approximate surface area is 130 Å². The number of benzene rings is 2. The maximum Gasteiger partial charge on any atom is 0.315 e.